The number of aliphatic imine (C=N–C) groups is 1. The van der Waals surface area contributed by atoms with Gasteiger partial charge < -0.3 is 9.30 Å². The number of nitrogens with zero attached hydrogens (tertiary/aromatic N) is 4. The number of amides is 1. The van der Waals surface area contributed by atoms with Crippen molar-refractivity contribution in [3.05, 3.63) is 71.9 Å². The second-order valence-corrected chi connectivity index (χ2v) is 10.8. The molecule has 0 saturated carbocycles. The summed E-state index contributed by atoms with van der Waals surface area (Å²) in [6.07, 6.45) is 4.52. The van der Waals surface area contributed by atoms with E-state index in [0.29, 0.717) is 13.2 Å². The lowest BCUT2D eigenvalue weighted by Gasteiger charge is -2.19. The van der Waals surface area contributed by atoms with E-state index < -0.39 is 15.7 Å². The number of carbonyl (C=O) groups is 1. The number of hydrogen-bond donors (Lipinski definition) is 1. The summed E-state index contributed by atoms with van der Waals surface area (Å²) >= 11 is 0.762. The number of sulfone groups is 1. The van der Waals surface area contributed by atoms with Crippen LogP contribution in [0.5, 0.6) is 5.75 Å². The molecule has 0 aliphatic carbocycles. The summed E-state index contributed by atoms with van der Waals surface area (Å²) < 4.78 is 31.4. The highest BCUT2D eigenvalue weighted by molar-refractivity contribution is 8.42. The number of rotatable bonds is 5. The van der Waals surface area contributed by atoms with Crippen LogP contribution < -0.4 is 4.74 Å². The summed E-state index contributed by atoms with van der Waals surface area (Å²) in [6.45, 7) is 1.03. The van der Waals surface area contributed by atoms with Crippen molar-refractivity contribution in [3.63, 3.8) is 0 Å². The van der Waals surface area contributed by atoms with Crippen LogP contribution in [0.25, 0.3) is 17.0 Å². The average Bonchev–Trinajstić information content (AvgIpc) is 3.40. The SMILES string of the molecule is CS(=O)(=O)C1=NN2C(=N)/C(=C/c3cn(CCOc4ccccc4)c4ccccc34)C(=O)N=C2S1. The van der Waals surface area contributed by atoms with E-state index in [2.05, 4.69) is 10.1 Å². The van der Waals surface area contributed by atoms with Crippen LogP contribution >= 0.6 is 11.8 Å². The number of aromatic nitrogens is 1. The second kappa shape index (κ2) is 8.58. The average molecular weight is 494 g/mol. The maximum absolute atomic E-state index is 12.7. The van der Waals surface area contributed by atoms with Gasteiger partial charge in [-0.3, -0.25) is 10.2 Å². The number of carbonyl (C=O) groups excluding carboxylic acids is 1. The van der Waals surface area contributed by atoms with E-state index in [1.807, 2.05) is 65.4 Å². The highest BCUT2D eigenvalue weighted by atomic mass is 32.3. The number of benzene rings is 2. The Morgan fingerprint density at radius 3 is 2.62 bits per heavy atom. The first-order chi connectivity index (χ1) is 16.3. The van der Waals surface area contributed by atoms with Crippen molar-refractivity contribution in [1.29, 1.82) is 5.41 Å². The van der Waals surface area contributed by atoms with E-state index in [0.717, 1.165) is 45.2 Å². The summed E-state index contributed by atoms with van der Waals surface area (Å²) in [5, 5.41) is 14.5. The summed E-state index contributed by atoms with van der Waals surface area (Å²) in [6, 6.07) is 17.3. The van der Waals surface area contributed by atoms with Gasteiger partial charge in [-0.05, 0) is 36.0 Å². The van der Waals surface area contributed by atoms with Gasteiger partial charge in [0.2, 0.25) is 19.4 Å². The molecule has 0 radical (unpaired) electrons. The number of fused-ring (bicyclic) bond motifs is 2. The lowest BCUT2D eigenvalue weighted by molar-refractivity contribution is -0.114. The van der Waals surface area contributed by atoms with Crippen LogP contribution in [0.15, 0.2) is 76.5 Å². The van der Waals surface area contributed by atoms with Crippen molar-refractivity contribution in [3.8, 4) is 5.75 Å². The zero-order valence-corrected chi connectivity index (χ0v) is 19.6. The summed E-state index contributed by atoms with van der Waals surface area (Å²) in [5.74, 6) is -0.0444. The van der Waals surface area contributed by atoms with Gasteiger partial charge in [-0.1, -0.05) is 36.4 Å². The number of nitrogens with one attached hydrogen (secondary N) is 1. The largest absolute Gasteiger partial charge is 0.492 e. The van der Waals surface area contributed by atoms with Crippen LogP contribution in [0, 0.1) is 5.41 Å². The molecule has 3 aromatic rings. The third kappa shape index (κ3) is 4.15. The maximum Gasteiger partial charge on any atom is 0.283 e. The fourth-order valence-electron chi connectivity index (χ4n) is 3.63. The molecule has 2 aliphatic rings. The van der Waals surface area contributed by atoms with Gasteiger partial charge in [-0.2, -0.15) is 10.0 Å². The smallest absolute Gasteiger partial charge is 0.283 e. The number of hydrazone groups is 1. The minimum atomic E-state index is -3.58. The number of ether oxygens (including phenoxy) is 1. The Morgan fingerprint density at radius 1 is 1.12 bits per heavy atom. The first-order valence-corrected chi connectivity index (χ1v) is 13.0. The van der Waals surface area contributed by atoms with Crippen LogP contribution in [0.4, 0.5) is 0 Å². The Kier molecular flexibility index (Phi) is 5.58. The Bertz CT molecular complexity index is 1520. The van der Waals surface area contributed by atoms with Gasteiger partial charge in [-0.25, -0.2) is 8.42 Å². The molecule has 9 nitrogen and oxygen atoms in total. The molecule has 0 saturated heterocycles. The standard InChI is InChI=1S/C23H19N5O4S2/c1-34(30,31)23-26-28-20(24)18(21(29)25-22(28)33-23)13-15-14-27(19-10-6-5-9-17(15)19)11-12-32-16-7-3-2-4-8-16/h2-10,13-14,24H,11-12H2,1H3/b18-13-,24-20?. The Hall–Kier alpha value is -3.70. The van der Waals surface area contributed by atoms with Crippen LogP contribution in [0.2, 0.25) is 0 Å². The van der Waals surface area contributed by atoms with Gasteiger partial charge in [0.05, 0.1) is 12.1 Å². The van der Waals surface area contributed by atoms with Crippen molar-refractivity contribution in [1.82, 2.24) is 9.58 Å². The van der Waals surface area contributed by atoms with E-state index in [9.17, 15) is 13.2 Å². The second-order valence-electron chi connectivity index (χ2n) is 7.61. The van der Waals surface area contributed by atoms with E-state index in [4.69, 9.17) is 10.1 Å². The van der Waals surface area contributed by atoms with Crippen LogP contribution in [-0.4, -0.2) is 52.1 Å². The molecule has 2 aromatic carbocycles. The van der Waals surface area contributed by atoms with Crippen LogP contribution in [-0.2, 0) is 21.2 Å². The minimum Gasteiger partial charge on any atom is -0.492 e. The fourth-order valence-corrected chi connectivity index (χ4v) is 5.32. The molecule has 1 aromatic heterocycles. The van der Waals surface area contributed by atoms with Gasteiger partial charge in [0.25, 0.3) is 5.91 Å². The third-order valence-electron chi connectivity index (χ3n) is 5.22. The lowest BCUT2D eigenvalue weighted by atomic mass is 10.1. The normalized spacial score (nSPS) is 17.2. The van der Waals surface area contributed by atoms with Gasteiger partial charge >= 0.3 is 0 Å². The molecule has 1 amide bonds. The number of para-hydroxylation sites is 2. The van der Waals surface area contributed by atoms with Crippen molar-refractivity contribution in [2.24, 2.45) is 10.1 Å². The molecule has 1 N–H and O–H groups in total. The molecule has 0 unspecified atom stereocenters. The number of thioether (sulfide) groups is 1. The van der Waals surface area contributed by atoms with Crippen molar-refractivity contribution >= 4 is 59.9 Å². The molecule has 0 atom stereocenters. The topological polar surface area (TPSA) is 117 Å². The first-order valence-electron chi connectivity index (χ1n) is 10.3. The zero-order valence-electron chi connectivity index (χ0n) is 18.0. The Morgan fingerprint density at radius 2 is 1.85 bits per heavy atom. The number of hydrogen-bond acceptors (Lipinski definition) is 7. The quantitative estimate of drug-likeness (QED) is 0.545. The maximum atomic E-state index is 12.7. The zero-order chi connectivity index (χ0) is 23.9. The van der Waals surface area contributed by atoms with Gasteiger partial charge in [0.15, 0.2) is 5.84 Å². The molecule has 2 aliphatic heterocycles. The molecule has 172 valence electrons. The molecular formula is C23H19N5O4S2. The summed E-state index contributed by atoms with van der Waals surface area (Å²) in [5.41, 5.74) is 1.73. The molecule has 0 spiro atoms. The molecule has 0 bridgehead atoms. The van der Waals surface area contributed by atoms with E-state index >= 15 is 0 Å². The van der Waals surface area contributed by atoms with E-state index in [-0.39, 0.29) is 21.0 Å². The van der Waals surface area contributed by atoms with Gasteiger partial charge in [0.1, 0.15) is 12.4 Å². The molecule has 0 fully saturated rings. The van der Waals surface area contributed by atoms with E-state index in [1.165, 1.54) is 0 Å². The summed E-state index contributed by atoms with van der Waals surface area (Å²) in [4.78, 5) is 16.7. The summed E-state index contributed by atoms with van der Waals surface area (Å²) in [7, 11) is -3.58. The molecule has 3 heterocycles. The molecule has 34 heavy (non-hydrogen) atoms. The van der Waals surface area contributed by atoms with Gasteiger partial charge in [-0.15, -0.1) is 5.10 Å². The minimum absolute atomic E-state index is 0.0336. The third-order valence-corrected chi connectivity index (χ3v) is 7.79. The lowest BCUT2D eigenvalue weighted by Crippen LogP contribution is -2.35. The van der Waals surface area contributed by atoms with Crippen LogP contribution in [0.1, 0.15) is 5.56 Å². The molecular weight excluding hydrogens is 474 g/mol. The van der Waals surface area contributed by atoms with Crippen molar-refractivity contribution < 1.29 is 17.9 Å². The van der Waals surface area contributed by atoms with Gasteiger partial charge in [0, 0.05) is 28.9 Å². The van der Waals surface area contributed by atoms with E-state index in [1.54, 1.807) is 6.08 Å². The highest BCUT2D eigenvalue weighted by Gasteiger charge is 2.38. The molecule has 11 heteroatoms. The predicted molar refractivity (Wildman–Crippen MR) is 134 cm³/mol. The molecule has 5 rings (SSSR count). The van der Waals surface area contributed by atoms with Crippen molar-refractivity contribution in [2.75, 3.05) is 12.9 Å². The van der Waals surface area contributed by atoms with Crippen LogP contribution in [0.3, 0.4) is 0 Å². The first kappa shape index (κ1) is 22.1. The fraction of sp³-hybridized carbons (Fsp3) is 0.130. The highest BCUT2D eigenvalue weighted by Crippen LogP contribution is 2.31. The monoisotopic (exact) mass is 493 g/mol. The Labute approximate surface area is 199 Å². The Balaban J connectivity index is 1.45. The number of amidine groups is 2. The van der Waals surface area contributed by atoms with Crippen molar-refractivity contribution in [2.45, 2.75) is 6.54 Å². The predicted octanol–water partition coefficient (Wildman–Crippen LogP) is 3.34.